The minimum absolute atomic E-state index is 0.179. The van der Waals surface area contributed by atoms with Gasteiger partial charge in [-0.1, -0.05) is 0 Å². The molecule has 0 N–H and O–H groups in total. The molecule has 5 heteroatoms. The summed E-state index contributed by atoms with van der Waals surface area (Å²) in [5.74, 6) is 0. The summed E-state index contributed by atoms with van der Waals surface area (Å²) in [7, 11) is -1.53. The number of carbonyl (C=O) groups excluding carboxylic acids is 1. The van der Waals surface area contributed by atoms with Gasteiger partial charge < -0.3 is 14.1 Å². The van der Waals surface area contributed by atoms with E-state index in [1.54, 1.807) is 4.90 Å². The highest BCUT2D eigenvalue weighted by Gasteiger charge is 2.30. The Kier molecular flexibility index (Phi) is 4.83. The Morgan fingerprint density at radius 2 is 1.89 bits per heavy atom. The molecule has 1 saturated heterocycles. The van der Waals surface area contributed by atoms with Crippen molar-refractivity contribution < 1.29 is 14.0 Å². The Morgan fingerprint density at radius 3 is 2.39 bits per heavy atom. The van der Waals surface area contributed by atoms with Gasteiger partial charge in [-0.25, -0.2) is 4.79 Å². The molecular formula is C13H27NO3Si. The maximum atomic E-state index is 12.0. The number of carbonyl (C=O) groups is 1. The summed E-state index contributed by atoms with van der Waals surface area (Å²) in [4.78, 5) is 13.8. The van der Waals surface area contributed by atoms with Gasteiger partial charge in [0.05, 0.1) is 6.10 Å². The Bertz CT molecular complexity index is 294. The molecule has 4 nitrogen and oxygen atoms in total. The van der Waals surface area contributed by atoms with Crippen LogP contribution in [0.4, 0.5) is 4.79 Å². The van der Waals surface area contributed by atoms with Crippen LogP contribution in [0.5, 0.6) is 0 Å². The second-order valence-corrected chi connectivity index (χ2v) is 11.4. The normalized spacial score (nSPS) is 21.9. The topological polar surface area (TPSA) is 38.8 Å². The molecular weight excluding hydrogens is 246 g/mol. The predicted octanol–water partition coefficient (Wildman–Crippen LogP) is 3.24. The van der Waals surface area contributed by atoms with Gasteiger partial charge in [-0.2, -0.15) is 0 Å². The van der Waals surface area contributed by atoms with Crippen molar-refractivity contribution in [3.8, 4) is 0 Å². The van der Waals surface area contributed by atoms with Crippen LogP contribution < -0.4 is 0 Å². The van der Waals surface area contributed by atoms with Crippen LogP contribution in [0, 0.1) is 0 Å². The molecule has 1 unspecified atom stereocenters. The van der Waals surface area contributed by atoms with E-state index in [1.165, 1.54) is 0 Å². The lowest BCUT2D eigenvalue weighted by atomic mass is 10.1. The molecule has 1 aliphatic rings. The zero-order valence-electron chi connectivity index (χ0n) is 12.6. The number of rotatable bonds is 2. The van der Waals surface area contributed by atoms with Crippen LogP contribution in [0.2, 0.25) is 19.6 Å². The number of amides is 1. The lowest BCUT2D eigenvalue weighted by molar-refractivity contribution is 0.00668. The maximum Gasteiger partial charge on any atom is 0.410 e. The smallest absolute Gasteiger partial charge is 0.410 e. The molecule has 0 aromatic carbocycles. The number of hydrogen-bond acceptors (Lipinski definition) is 3. The molecule has 0 aromatic heterocycles. The molecule has 106 valence electrons. The van der Waals surface area contributed by atoms with Crippen molar-refractivity contribution in [3.05, 3.63) is 0 Å². The van der Waals surface area contributed by atoms with Crippen LogP contribution in [-0.2, 0) is 9.16 Å². The molecule has 0 saturated carbocycles. The van der Waals surface area contributed by atoms with Gasteiger partial charge in [-0.3, -0.25) is 0 Å². The van der Waals surface area contributed by atoms with E-state index in [-0.39, 0.29) is 12.2 Å². The predicted molar refractivity (Wildman–Crippen MR) is 75.3 cm³/mol. The van der Waals surface area contributed by atoms with Crippen LogP contribution in [0.1, 0.15) is 33.6 Å². The summed E-state index contributed by atoms with van der Waals surface area (Å²) >= 11 is 0. The van der Waals surface area contributed by atoms with Gasteiger partial charge in [-0.15, -0.1) is 0 Å². The summed E-state index contributed by atoms with van der Waals surface area (Å²) < 4.78 is 11.5. The first-order valence-corrected chi connectivity index (χ1v) is 10.1. The second-order valence-electron chi connectivity index (χ2n) is 6.92. The molecule has 1 rings (SSSR count). The van der Waals surface area contributed by atoms with Crippen molar-refractivity contribution in [1.29, 1.82) is 0 Å². The van der Waals surface area contributed by atoms with E-state index in [0.717, 1.165) is 19.4 Å². The molecule has 0 radical (unpaired) electrons. The van der Waals surface area contributed by atoms with Crippen molar-refractivity contribution in [3.63, 3.8) is 0 Å². The third-order valence-corrected chi connectivity index (χ3v) is 3.59. The van der Waals surface area contributed by atoms with E-state index in [9.17, 15) is 4.79 Å². The zero-order chi connectivity index (χ0) is 14.0. The van der Waals surface area contributed by atoms with Gasteiger partial charge in [-0.05, 0) is 53.3 Å². The Balaban J connectivity index is 2.51. The fraction of sp³-hybridized carbons (Fsp3) is 0.923. The first-order valence-electron chi connectivity index (χ1n) is 6.72. The van der Waals surface area contributed by atoms with E-state index in [4.69, 9.17) is 9.16 Å². The first-order chi connectivity index (χ1) is 8.07. The largest absolute Gasteiger partial charge is 0.444 e. The molecule has 1 atom stereocenters. The zero-order valence-corrected chi connectivity index (χ0v) is 13.6. The molecule has 0 bridgehead atoms. The van der Waals surface area contributed by atoms with E-state index in [0.29, 0.717) is 6.54 Å². The lowest BCUT2D eigenvalue weighted by Gasteiger charge is -2.36. The average molecular weight is 273 g/mol. The summed E-state index contributed by atoms with van der Waals surface area (Å²) in [6, 6.07) is 0. The van der Waals surface area contributed by atoms with E-state index in [2.05, 4.69) is 19.6 Å². The molecule has 0 spiro atoms. The molecule has 18 heavy (non-hydrogen) atoms. The van der Waals surface area contributed by atoms with Gasteiger partial charge in [0.1, 0.15) is 5.60 Å². The summed E-state index contributed by atoms with van der Waals surface area (Å²) in [6.07, 6.45) is 2.00. The van der Waals surface area contributed by atoms with Crippen molar-refractivity contribution in [2.24, 2.45) is 0 Å². The maximum absolute atomic E-state index is 12.0. The number of ether oxygens (including phenoxy) is 1. The Labute approximate surface area is 112 Å². The van der Waals surface area contributed by atoms with Crippen molar-refractivity contribution in [2.75, 3.05) is 13.1 Å². The highest BCUT2D eigenvalue weighted by molar-refractivity contribution is 6.69. The van der Waals surface area contributed by atoms with E-state index in [1.807, 2.05) is 20.8 Å². The SMILES string of the molecule is CC(C)(C)OC(=O)N1CCCC(O[Si](C)(C)C)C1. The molecule has 0 aliphatic carbocycles. The van der Waals surface area contributed by atoms with Crippen LogP contribution in [0.15, 0.2) is 0 Å². The molecule has 1 amide bonds. The van der Waals surface area contributed by atoms with Gasteiger partial charge in [0.15, 0.2) is 8.32 Å². The summed E-state index contributed by atoms with van der Waals surface area (Å²) in [6.45, 7) is 13.7. The van der Waals surface area contributed by atoms with Crippen LogP contribution in [0.25, 0.3) is 0 Å². The van der Waals surface area contributed by atoms with Crippen LogP contribution in [-0.4, -0.2) is 44.1 Å². The van der Waals surface area contributed by atoms with Crippen LogP contribution >= 0.6 is 0 Å². The fourth-order valence-corrected chi connectivity index (χ4v) is 3.22. The van der Waals surface area contributed by atoms with Gasteiger partial charge in [0.2, 0.25) is 0 Å². The van der Waals surface area contributed by atoms with Crippen molar-refractivity contribution in [1.82, 2.24) is 4.90 Å². The first kappa shape index (κ1) is 15.5. The number of hydrogen-bond donors (Lipinski definition) is 0. The standard InChI is InChI=1S/C13H27NO3Si/c1-13(2,3)16-12(15)14-9-7-8-11(10-14)17-18(4,5)6/h11H,7-10H2,1-6H3. The molecule has 1 heterocycles. The molecule has 0 aromatic rings. The Hall–Kier alpha value is -0.553. The van der Waals surface area contributed by atoms with E-state index >= 15 is 0 Å². The monoisotopic (exact) mass is 273 g/mol. The highest BCUT2D eigenvalue weighted by atomic mass is 28.4. The minimum Gasteiger partial charge on any atom is -0.444 e. The van der Waals surface area contributed by atoms with Gasteiger partial charge in [0.25, 0.3) is 0 Å². The number of piperidine rings is 1. The number of likely N-dealkylation sites (tertiary alicyclic amines) is 1. The average Bonchev–Trinajstić information content (AvgIpc) is 2.12. The second kappa shape index (κ2) is 5.61. The molecule has 1 aliphatic heterocycles. The summed E-state index contributed by atoms with van der Waals surface area (Å²) in [5.41, 5.74) is -0.427. The van der Waals surface area contributed by atoms with Crippen molar-refractivity contribution >= 4 is 14.4 Å². The fourth-order valence-electron chi connectivity index (χ4n) is 2.03. The van der Waals surface area contributed by atoms with E-state index < -0.39 is 13.9 Å². The number of nitrogens with zero attached hydrogens (tertiary/aromatic N) is 1. The highest BCUT2D eigenvalue weighted by Crippen LogP contribution is 2.19. The van der Waals surface area contributed by atoms with Gasteiger partial charge in [0, 0.05) is 13.1 Å². The van der Waals surface area contributed by atoms with Gasteiger partial charge >= 0.3 is 6.09 Å². The van der Waals surface area contributed by atoms with Crippen molar-refractivity contribution in [2.45, 2.75) is 65.0 Å². The third kappa shape index (κ3) is 5.86. The van der Waals surface area contributed by atoms with Crippen LogP contribution in [0.3, 0.4) is 0 Å². The quantitative estimate of drug-likeness (QED) is 0.725. The Morgan fingerprint density at radius 1 is 1.28 bits per heavy atom. The molecule has 1 fully saturated rings. The third-order valence-electron chi connectivity index (χ3n) is 2.55. The minimum atomic E-state index is -1.53. The lowest BCUT2D eigenvalue weighted by Crippen LogP contribution is -2.47. The summed E-state index contributed by atoms with van der Waals surface area (Å²) in [5, 5.41) is 0.